The quantitative estimate of drug-likeness (QED) is 0.536. The molecule has 0 radical (unpaired) electrons. The van der Waals surface area contributed by atoms with Gasteiger partial charge in [0.05, 0.1) is 13.2 Å². The third-order valence-electron chi connectivity index (χ3n) is 2.79. The van der Waals surface area contributed by atoms with E-state index in [4.69, 9.17) is 9.84 Å². The highest BCUT2D eigenvalue weighted by Crippen LogP contribution is 2.14. The molecular formula is C13H28O2. The Labute approximate surface area is 95.0 Å². The second kappa shape index (κ2) is 12.0. The molecule has 0 aliphatic heterocycles. The molecule has 2 nitrogen and oxygen atoms in total. The Bertz CT molecular complexity index is 115. The van der Waals surface area contributed by atoms with Crippen molar-refractivity contribution in [2.24, 2.45) is 5.92 Å². The minimum atomic E-state index is 0.144. The van der Waals surface area contributed by atoms with E-state index < -0.39 is 0 Å². The van der Waals surface area contributed by atoms with Crippen molar-refractivity contribution in [2.75, 3.05) is 19.8 Å². The normalized spacial score (nSPS) is 13.0. The highest BCUT2D eigenvalue weighted by atomic mass is 16.5. The predicted octanol–water partition coefficient (Wildman–Crippen LogP) is 3.38. The molecule has 0 aromatic heterocycles. The van der Waals surface area contributed by atoms with Gasteiger partial charge in [-0.2, -0.15) is 0 Å². The third kappa shape index (κ3) is 11.8. The fraction of sp³-hybridized carbons (Fsp3) is 1.00. The van der Waals surface area contributed by atoms with E-state index in [1.54, 1.807) is 0 Å². The fourth-order valence-corrected chi connectivity index (χ4v) is 1.69. The van der Waals surface area contributed by atoms with E-state index in [2.05, 4.69) is 13.8 Å². The maximum Gasteiger partial charge on any atom is 0.0697 e. The number of hydrogen-bond donors (Lipinski definition) is 1. The molecule has 0 bridgehead atoms. The van der Waals surface area contributed by atoms with E-state index in [9.17, 15) is 0 Å². The van der Waals surface area contributed by atoms with Crippen molar-refractivity contribution in [3.05, 3.63) is 0 Å². The van der Waals surface area contributed by atoms with Gasteiger partial charge in [-0.05, 0) is 12.3 Å². The summed E-state index contributed by atoms with van der Waals surface area (Å²) in [7, 11) is 0. The van der Waals surface area contributed by atoms with Gasteiger partial charge < -0.3 is 9.84 Å². The van der Waals surface area contributed by atoms with E-state index >= 15 is 0 Å². The van der Waals surface area contributed by atoms with Crippen LogP contribution in [0.25, 0.3) is 0 Å². The molecule has 0 aliphatic rings. The lowest BCUT2D eigenvalue weighted by Gasteiger charge is -2.10. The van der Waals surface area contributed by atoms with Crippen molar-refractivity contribution in [2.45, 2.75) is 58.8 Å². The van der Waals surface area contributed by atoms with Crippen LogP contribution in [0.2, 0.25) is 0 Å². The first-order chi connectivity index (χ1) is 7.31. The summed E-state index contributed by atoms with van der Waals surface area (Å²) in [6, 6.07) is 0. The number of rotatable bonds is 11. The lowest BCUT2D eigenvalue weighted by molar-refractivity contribution is 0.0834. The number of unbranched alkanes of at least 4 members (excludes halogenated alkanes) is 4. The standard InChI is InChI=1S/C13H28O2/c1-3-4-5-6-7-8-13(2)9-11-15-12-10-14/h13-14H,3-12H2,1-2H3. The van der Waals surface area contributed by atoms with Crippen LogP contribution in [-0.2, 0) is 4.74 Å². The Morgan fingerprint density at radius 1 is 1.00 bits per heavy atom. The number of aliphatic hydroxyl groups is 1. The van der Waals surface area contributed by atoms with Crippen LogP contribution in [0.4, 0.5) is 0 Å². The number of ether oxygens (including phenoxy) is 1. The van der Waals surface area contributed by atoms with Gasteiger partial charge in [0.25, 0.3) is 0 Å². The smallest absolute Gasteiger partial charge is 0.0697 e. The predicted molar refractivity (Wildman–Crippen MR) is 65.1 cm³/mol. The summed E-state index contributed by atoms with van der Waals surface area (Å²) in [6.07, 6.45) is 9.31. The summed E-state index contributed by atoms with van der Waals surface area (Å²) >= 11 is 0. The van der Waals surface area contributed by atoms with Crippen LogP contribution >= 0.6 is 0 Å². The summed E-state index contributed by atoms with van der Waals surface area (Å²) in [5, 5.41) is 8.53. The average Bonchev–Trinajstić information content (AvgIpc) is 2.24. The summed E-state index contributed by atoms with van der Waals surface area (Å²) in [5.74, 6) is 0.769. The van der Waals surface area contributed by atoms with Crippen molar-refractivity contribution in [3.8, 4) is 0 Å². The van der Waals surface area contributed by atoms with Crippen LogP contribution in [0.3, 0.4) is 0 Å². The van der Waals surface area contributed by atoms with Gasteiger partial charge in [-0.25, -0.2) is 0 Å². The van der Waals surface area contributed by atoms with Gasteiger partial charge in [0.2, 0.25) is 0 Å². The molecule has 0 rings (SSSR count). The topological polar surface area (TPSA) is 29.5 Å². The second-order valence-corrected chi connectivity index (χ2v) is 4.43. The minimum Gasteiger partial charge on any atom is -0.394 e. The van der Waals surface area contributed by atoms with Crippen LogP contribution in [-0.4, -0.2) is 24.9 Å². The van der Waals surface area contributed by atoms with Crippen molar-refractivity contribution in [3.63, 3.8) is 0 Å². The summed E-state index contributed by atoms with van der Waals surface area (Å²) in [5.41, 5.74) is 0. The van der Waals surface area contributed by atoms with Crippen LogP contribution in [0.5, 0.6) is 0 Å². The first-order valence-electron chi connectivity index (χ1n) is 6.49. The third-order valence-corrected chi connectivity index (χ3v) is 2.79. The summed E-state index contributed by atoms with van der Waals surface area (Å²) in [4.78, 5) is 0. The lowest BCUT2D eigenvalue weighted by atomic mass is 10.00. The zero-order valence-corrected chi connectivity index (χ0v) is 10.5. The summed E-state index contributed by atoms with van der Waals surface area (Å²) < 4.78 is 5.25. The van der Waals surface area contributed by atoms with Crippen LogP contribution in [0.15, 0.2) is 0 Å². The molecule has 1 N–H and O–H groups in total. The van der Waals surface area contributed by atoms with E-state index in [1.807, 2.05) is 0 Å². The zero-order chi connectivity index (χ0) is 11.4. The van der Waals surface area contributed by atoms with Crippen molar-refractivity contribution in [1.82, 2.24) is 0 Å². The molecule has 0 saturated carbocycles. The maximum absolute atomic E-state index is 8.53. The Hall–Kier alpha value is -0.0800. The van der Waals surface area contributed by atoms with Crippen molar-refractivity contribution >= 4 is 0 Å². The second-order valence-electron chi connectivity index (χ2n) is 4.43. The minimum absolute atomic E-state index is 0.144. The van der Waals surface area contributed by atoms with Gasteiger partial charge in [-0.15, -0.1) is 0 Å². The molecule has 2 heteroatoms. The zero-order valence-electron chi connectivity index (χ0n) is 10.5. The fourth-order valence-electron chi connectivity index (χ4n) is 1.69. The molecule has 0 spiro atoms. The highest BCUT2D eigenvalue weighted by molar-refractivity contribution is 4.53. The molecule has 0 aromatic rings. The molecular weight excluding hydrogens is 188 g/mol. The van der Waals surface area contributed by atoms with E-state index in [0.29, 0.717) is 6.61 Å². The maximum atomic E-state index is 8.53. The van der Waals surface area contributed by atoms with Crippen LogP contribution < -0.4 is 0 Å². The highest BCUT2D eigenvalue weighted by Gasteiger charge is 2.01. The molecule has 0 aromatic carbocycles. The number of aliphatic hydroxyl groups excluding tert-OH is 1. The molecule has 1 unspecified atom stereocenters. The van der Waals surface area contributed by atoms with E-state index in [0.717, 1.165) is 18.9 Å². The van der Waals surface area contributed by atoms with Crippen LogP contribution in [0, 0.1) is 5.92 Å². The summed E-state index contributed by atoms with van der Waals surface area (Å²) in [6.45, 7) is 5.98. The monoisotopic (exact) mass is 216 g/mol. The number of hydrogen-bond acceptors (Lipinski definition) is 2. The van der Waals surface area contributed by atoms with Gasteiger partial charge in [0.15, 0.2) is 0 Å². The molecule has 0 saturated heterocycles. The van der Waals surface area contributed by atoms with E-state index in [-0.39, 0.29) is 6.61 Å². The molecule has 15 heavy (non-hydrogen) atoms. The van der Waals surface area contributed by atoms with Gasteiger partial charge in [0, 0.05) is 6.61 Å². The van der Waals surface area contributed by atoms with Crippen molar-refractivity contribution < 1.29 is 9.84 Å². The molecule has 0 heterocycles. The molecule has 0 fully saturated rings. The first-order valence-corrected chi connectivity index (χ1v) is 6.49. The Balaban J connectivity index is 3.08. The van der Waals surface area contributed by atoms with Gasteiger partial charge in [-0.3, -0.25) is 0 Å². The Morgan fingerprint density at radius 2 is 1.73 bits per heavy atom. The Kier molecular flexibility index (Phi) is 11.9. The van der Waals surface area contributed by atoms with Gasteiger partial charge in [-0.1, -0.05) is 52.4 Å². The molecule has 0 amide bonds. The molecule has 1 atom stereocenters. The molecule has 0 aliphatic carbocycles. The van der Waals surface area contributed by atoms with Gasteiger partial charge >= 0.3 is 0 Å². The van der Waals surface area contributed by atoms with Gasteiger partial charge in [0.1, 0.15) is 0 Å². The largest absolute Gasteiger partial charge is 0.394 e. The Morgan fingerprint density at radius 3 is 2.40 bits per heavy atom. The van der Waals surface area contributed by atoms with Crippen LogP contribution in [0.1, 0.15) is 58.8 Å². The first kappa shape index (κ1) is 14.9. The lowest BCUT2D eigenvalue weighted by Crippen LogP contribution is -2.05. The average molecular weight is 216 g/mol. The van der Waals surface area contributed by atoms with Crippen molar-refractivity contribution in [1.29, 1.82) is 0 Å². The SMILES string of the molecule is CCCCCCCC(C)CCOCCO. The molecule has 92 valence electrons. The van der Waals surface area contributed by atoms with E-state index in [1.165, 1.54) is 38.5 Å².